The van der Waals surface area contributed by atoms with E-state index in [0.717, 1.165) is 54.1 Å². The lowest BCUT2D eigenvalue weighted by molar-refractivity contribution is 0.0988. The molecule has 1 aliphatic heterocycles. The molecule has 1 aromatic heterocycles. The Morgan fingerprint density at radius 2 is 1.56 bits per heavy atom. The number of likely N-dealkylation sites (tertiary alicyclic amines) is 1. The fraction of sp³-hybridized carbons (Fsp3) is 0.250. The first-order valence-corrected chi connectivity index (χ1v) is 11.7. The molecule has 0 aliphatic carbocycles. The average molecular weight is 453 g/mol. The van der Waals surface area contributed by atoms with Crippen LogP contribution in [0.15, 0.2) is 85.1 Å². The van der Waals surface area contributed by atoms with Gasteiger partial charge in [-0.15, -0.1) is 5.10 Å². The Hall–Kier alpha value is -3.77. The lowest BCUT2D eigenvalue weighted by Crippen LogP contribution is -2.35. The van der Waals surface area contributed by atoms with Gasteiger partial charge in [0.2, 0.25) is 0 Å². The Labute approximate surface area is 199 Å². The molecule has 0 saturated carbocycles. The number of ether oxygens (including phenoxy) is 1. The summed E-state index contributed by atoms with van der Waals surface area (Å²) in [5.41, 5.74) is 4.43. The highest BCUT2D eigenvalue weighted by atomic mass is 16.5. The summed E-state index contributed by atoms with van der Waals surface area (Å²) in [6.45, 7) is 2.17. The van der Waals surface area contributed by atoms with Crippen LogP contribution in [0, 0.1) is 0 Å². The molecular formula is C28H28N4O2. The monoisotopic (exact) mass is 452 g/mol. The van der Waals surface area contributed by atoms with Crippen LogP contribution in [-0.4, -0.2) is 51.9 Å². The zero-order chi connectivity index (χ0) is 23.3. The van der Waals surface area contributed by atoms with Gasteiger partial charge in [-0.25, -0.2) is 4.68 Å². The minimum Gasteiger partial charge on any atom is -0.490 e. The maximum absolute atomic E-state index is 12.7. The minimum atomic E-state index is -0.0506. The normalized spacial score (nSPS) is 14.7. The number of carbonyl (C=O) groups is 1. The maximum atomic E-state index is 12.7. The van der Waals surface area contributed by atoms with Crippen LogP contribution < -0.4 is 4.74 Å². The van der Waals surface area contributed by atoms with E-state index in [1.54, 1.807) is 10.9 Å². The summed E-state index contributed by atoms with van der Waals surface area (Å²) in [7, 11) is 2.16. The summed E-state index contributed by atoms with van der Waals surface area (Å²) >= 11 is 0. The third-order valence-corrected chi connectivity index (χ3v) is 6.27. The summed E-state index contributed by atoms with van der Waals surface area (Å²) < 4.78 is 7.77. The van der Waals surface area contributed by atoms with Gasteiger partial charge in [0, 0.05) is 19.5 Å². The molecule has 0 atom stereocenters. The SMILES string of the molecule is CN1CCC(Oc2ccc(-c3ccc(CC(=O)c4cn(-c5ccccc5)nn4)cc3)cc2)CC1. The van der Waals surface area contributed by atoms with Gasteiger partial charge in [0.05, 0.1) is 11.9 Å². The van der Waals surface area contributed by atoms with Gasteiger partial charge >= 0.3 is 0 Å². The number of piperidine rings is 1. The van der Waals surface area contributed by atoms with Crippen molar-refractivity contribution in [2.45, 2.75) is 25.4 Å². The summed E-state index contributed by atoms with van der Waals surface area (Å²) in [5.74, 6) is 0.870. The van der Waals surface area contributed by atoms with Gasteiger partial charge in [-0.1, -0.05) is 59.8 Å². The van der Waals surface area contributed by atoms with E-state index in [-0.39, 0.29) is 12.2 Å². The van der Waals surface area contributed by atoms with Gasteiger partial charge < -0.3 is 9.64 Å². The zero-order valence-corrected chi connectivity index (χ0v) is 19.3. The van der Waals surface area contributed by atoms with Crippen molar-refractivity contribution in [2.24, 2.45) is 0 Å². The predicted molar refractivity (Wildman–Crippen MR) is 132 cm³/mol. The van der Waals surface area contributed by atoms with Crippen molar-refractivity contribution >= 4 is 5.78 Å². The van der Waals surface area contributed by atoms with Gasteiger partial charge in [-0.3, -0.25) is 4.79 Å². The lowest BCUT2D eigenvalue weighted by Gasteiger charge is -2.29. The molecule has 6 nitrogen and oxygen atoms in total. The molecule has 3 aromatic carbocycles. The Balaban J connectivity index is 1.19. The van der Waals surface area contributed by atoms with Crippen LogP contribution in [0.4, 0.5) is 0 Å². The van der Waals surface area contributed by atoms with Crippen LogP contribution in [0.3, 0.4) is 0 Å². The van der Waals surface area contributed by atoms with E-state index in [0.29, 0.717) is 11.8 Å². The molecule has 0 unspecified atom stereocenters. The molecule has 0 radical (unpaired) electrons. The second-order valence-corrected chi connectivity index (χ2v) is 8.83. The van der Waals surface area contributed by atoms with E-state index in [1.165, 1.54) is 0 Å². The molecule has 0 spiro atoms. The van der Waals surface area contributed by atoms with Crippen molar-refractivity contribution in [3.05, 3.63) is 96.3 Å². The number of hydrogen-bond acceptors (Lipinski definition) is 5. The topological polar surface area (TPSA) is 60.2 Å². The molecule has 172 valence electrons. The number of para-hydroxylation sites is 1. The largest absolute Gasteiger partial charge is 0.490 e. The first-order valence-electron chi connectivity index (χ1n) is 11.7. The highest BCUT2D eigenvalue weighted by Crippen LogP contribution is 2.25. The van der Waals surface area contributed by atoms with E-state index in [9.17, 15) is 4.79 Å². The van der Waals surface area contributed by atoms with Crippen molar-refractivity contribution in [1.29, 1.82) is 0 Å². The number of carbonyl (C=O) groups excluding carboxylic acids is 1. The van der Waals surface area contributed by atoms with Crippen LogP contribution >= 0.6 is 0 Å². The van der Waals surface area contributed by atoms with Gasteiger partial charge in [0.1, 0.15) is 17.5 Å². The van der Waals surface area contributed by atoms with E-state index < -0.39 is 0 Å². The molecule has 0 amide bonds. The second-order valence-electron chi connectivity index (χ2n) is 8.83. The standard InChI is InChI=1S/C28H28N4O2/c1-31-17-15-26(16-18-31)34-25-13-11-23(12-14-25)22-9-7-21(8-10-22)19-28(33)27-20-32(30-29-27)24-5-3-2-4-6-24/h2-14,20,26H,15-19H2,1H3. The molecule has 34 heavy (non-hydrogen) atoms. The number of nitrogens with zero attached hydrogens (tertiary/aromatic N) is 4. The van der Waals surface area contributed by atoms with E-state index in [2.05, 4.69) is 46.5 Å². The molecule has 5 rings (SSSR count). The molecular weight excluding hydrogens is 424 g/mol. The Morgan fingerprint density at radius 1 is 0.912 bits per heavy atom. The van der Waals surface area contributed by atoms with Crippen LogP contribution in [0.2, 0.25) is 0 Å². The number of hydrogen-bond donors (Lipinski definition) is 0. The highest BCUT2D eigenvalue weighted by molar-refractivity contribution is 5.95. The second kappa shape index (κ2) is 10.0. The fourth-order valence-corrected chi connectivity index (χ4v) is 4.21. The van der Waals surface area contributed by atoms with Crippen LogP contribution in [0.5, 0.6) is 5.75 Å². The first-order chi connectivity index (χ1) is 16.6. The predicted octanol–water partition coefficient (Wildman–Crippen LogP) is 4.83. The third-order valence-electron chi connectivity index (χ3n) is 6.27. The Bertz CT molecular complexity index is 1230. The molecule has 1 aliphatic rings. The summed E-state index contributed by atoms with van der Waals surface area (Å²) in [4.78, 5) is 15.0. The molecule has 1 fully saturated rings. The third kappa shape index (κ3) is 5.24. The molecule has 2 heterocycles. The lowest BCUT2D eigenvalue weighted by atomic mass is 10.0. The smallest absolute Gasteiger partial charge is 0.189 e. The van der Waals surface area contributed by atoms with Crippen molar-refractivity contribution in [3.63, 3.8) is 0 Å². The Morgan fingerprint density at radius 3 is 2.24 bits per heavy atom. The molecule has 0 N–H and O–H groups in total. The summed E-state index contributed by atoms with van der Waals surface area (Å²) in [6, 6.07) is 26.0. The number of Topliss-reactive ketones (excluding diaryl/α,β-unsaturated/α-hetero) is 1. The van der Waals surface area contributed by atoms with Gasteiger partial charge in [-0.2, -0.15) is 0 Å². The van der Waals surface area contributed by atoms with Crippen molar-refractivity contribution < 1.29 is 9.53 Å². The average Bonchev–Trinajstić information content (AvgIpc) is 3.38. The van der Waals surface area contributed by atoms with E-state index in [1.807, 2.05) is 54.6 Å². The molecule has 1 saturated heterocycles. The van der Waals surface area contributed by atoms with Crippen molar-refractivity contribution in [2.75, 3.05) is 20.1 Å². The first kappa shape index (κ1) is 22.0. The summed E-state index contributed by atoms with van der Waals surface area (Å²) in [5, 5.41) is 8.14. The van der Waals surface area contributed by atoms with Crippen LogP contribution in [-0.2, 0) is 6.42 Å². The number of aromatic nitrogens is 3. The fourth-order valence-electron chi connectivity index (χ4n) is 4.21. The van der Waals surface area contributed by atoms with Crippen molar-refractivity contribution in [1.82, 2.24) is 19.9 Å². The minimum absolute atomic E-state index is 0.0506. The maximum Gasteiger partial charge on any atom is 0.189 e. The van der Waals surface area contributed by atoms with E-state index >= 15 is 0 Å². The number of benzene rings is 3. The highest BCUT2D eigenvalue weighted by Gasteiger charge is 2.18. The van der Waals surface area contributed by atoms with Gasteiger partial charge in [0.15, 0.2) is 5.78 Å². The Kier molecular flexibility index (Phi) is 6.49. The molecule has 4 aromatic rings. The zero-order valence-electron chi connectivity index (χ0n) is 19.3. The van der Waals surface area contributed by atoms with Crippen LogP contribution in [0.1, 0.15) is 28.9 Å². The molecule has 0 bridgehead atoms. The van der Waals surface area contributed by atoms with Gasteiger partial charge in [0.25, 0.3) is 0 Å². The number of rotatable bonds is 7. The van der Waals surface area contributed by atoms with Gasteiger partial charge in [-0.05, 0) is 60.8 Å². The van der Waals surface area contributed by atoms with Crippen molar-refractivity contribution in [3.8, 4) is 22.6 Å². The van der Waals surface area contributed by atoms with Crippen LogP contribution in [0.25, 0.3) is 16.8 Å². The molecule has 6 heteroatoms. The summed E-state index contributed by atoms with van der Waals surface area (Å²) in [6.07, 6.45) is 4.41. The quantitative estimate of drug-likeness (QED) is 0.376. The van der Waals surface area contributed by atoms with E-state index in [4.69, 9.17) is 4.74 Å². The number of ketones is 1.